The number of rotatable bonds is 3. The molecule has 1 unspecified atom stereocenters. The Morgan fingerprint density at radius 3 is 2.33 bits per heavy atom. The molecular formula is C13H19NO3S. The van der Waals surface area contributed by atoms with Crippen LogP contribution in [-0.4, -0.2) is 49.6 Å². The summed E-state index contributed by atoms with van der Waals surface area (Å²) >= 11 is 0. The Bertz CT molecular complexity index is 481. The van der Waals surface area contributed by atoms with Crippen molar-refractivity contribution in [2.45, 2.75) is 13.0 Å². The van der Waals surface area contributed by atoms with Crippen LogP contribution < -0.4 is 0 Å². The van der Waals surface area contributed by atoms with Gasteiger partial charge in [0.2, 0.25) is 0 Å². The van der Waals surface area contributed by atoms with Crippen LogP contribution >= 0.6 is 0 Å². The van der Waals surface area contributed by atoms with E-state index in [9.17, 15) is 13.5 Å². The minimum absolute atomic E-state index is 0.202. The Morgan fingerprint density at radius 1 is 1.22 bits per heavy atom. The summed E-state index contributed by atoms with van der Waals surface area (Å²) in [6.07, 6.45) is -0.550. The van der Waals surface area contributed by atoms with Gasteiger partial charge in [-0.15, -0.1) is 0 Å². The number of nitrogens with zero attached hydrogens (tertiary/aromatic N) is 1. The third-order valence-corrected chi connectivity index (χ3v) is 4.94. The Morgan fingerprint density at radius 2 is 1.78 bits per heavy atom. The fourth-order valence-corrected chi connectivity index (χ4v) is 3.35. The highest BCUT2D eigenvalue weighted by Crippen LogP contribution is 2.16. The van der Waals surface area contributed by atoms with Crippen molar-refractivity contribution in [3.63, 3.8) is 0 Å². The lowest BCUT2D eigenvalue weighted by Crippen LogP contribution is -2.42. The Kier molecular flexibility index (Phi) is 4.04. The minimum atomic E-state index is -2.85. The van der Waals surface area contributed by atoms with Crippen LogP contribution in [0.25, 0.3) is 0 Å². The summed E-state index contributed by atoms with van der Waals surface area (Å²) < 4.78 is 22.6. The number of aryl methyl sites for hydroxylation is 1. The second-order valence-electron chi connectivity index (χ2n) is 4.88. The molecule has 0 radical (unpaired) electrons. The van der Waals surface area contributed by atoms with Crippen molar-refractivity contribution in [1.29, 1.82) is 0 Å². The van der Waals surface area contributed by atoms with E-state index in [1.807, 2.05) is 36.1 Å². The molecule has 0 bridgehead atoms. The molecule has 1 N–H and O–H groups in total. The lowest BCUT2D eigenvalue weighted by Gasteiger charge is -2.28. The molecule has 1 aliphatic rings. The standard InChI is InChI=1S/C13H19NO3S/c1-11-2-4-12(5-3-11)13(15)10-14-6-8-18(16,17)9-7-14/h2-5,13,15H,6-10H2,1H3. The summed E-state index contributed by atoms with van der Waals surface area (Å²) in [6.45, 7) is 3.54. The smallest absolute Gasteiger partial charge is 0.152 e. The fourth-order valence-electron chi connectivity index (χ4n) is 2.07. The van der Waals surface area contributed by atoms with E-state index in [0.717, 1.165) is 11.1 Å². The molecule has 1 aromatic rings. The first-order valence-corrected chi connectivity index (χ1v) is 7.96. The van der Waals surface area contributed by atoms with Crippen molar-refractivity contribution in [3.05, 3.63) is 35.4 Å². The van der Waals surface area contributed by atoms with Crippen LogP contribution in [0, 0.1) is 6.92 Å². The zero-order valence-electron chi connectivity index (χ0n) is 10.5. The van der Waals surface area contributed by atoms with Crippen molar-refractivity contribution in [2.75, 3.05) is 31.1 Å². The van der Waals surface area contributed by atoms with E-state index in [-0.39, 0.29) is 11.5 Å². The van der Waals surface area contributed by atoms with E-state index in [1.54, 1.807) is 0 Å². The van der Waals surface area contributed by atoms with E-state index in [0.29, 0.717) is 19.6 Å². The molecule has 0 aromatic heterocycles. The summed E-state index contributed by atoms with van der Waals surface area (Å²) in [6, 6.07) is 7.78. The summed E-state index contributed by atoms with van der Waals surface area (Å²) in [5.41, 5.74) is 2.05. The van der Waals surface area contributed by atoms with Crippen LogP contribution in [0.15, 0.2) is 24.3 Å². The zero-order valence-corrected chi connectivity index (χ0v) is 11.4. The molecule has 1 aliphatic heterocycles. The zero-order chi connectivity index (χ0) is 13.2. The SMILES string of the molecule is Cc1ccc(C(O)CN2CCS(=O)(=O)CC2)cc1. The van der Waals surface area contributed by atoms with Gasteiger partial charge < -0.3 is 5.11 Å². The lowest BCUT2D eigenvalue weighted by molar-refractivity contribution is 0.118. The first-order valence-electron chi connectivity index (χ1n) is 6.14. The highest BCUT2D eigenvalue weighted by atomic mass is 32.2. The molecule has 0 spiro atoms. The summed E-state index contributed by atoms with van der Waals surface area (Å²) in [4.78, 5) is 2.01. The van der Waals surface area contributed by atoms with E-state index in [1.165, 1.54) is 0 Å². The number of sulfone groups is 1. The van der Waals surface area contributed by atoms with Crippen LogP contribution in [0.4, 0.5) is 0 Å². The molecule has 0 amide bonds. The van der Waals surface area contributed by atoms with Crippen LogP contribution in [-0.2, 0) is 9.84 Å². The number of aliphatic hydroxyl groups is 1. The van der Waals surface area contributed by atoms with Crippen molar-refractivity contribution < 1.29 is 13.5 Å². The van der Waals surface area contributed by atoms with Gasteiger partial charge in [0.15, 0.2) is 9.84 Å². The molecule has 18 heavy (non-hydrogen) atoms. The van der Waals surface area contributed by atoms with Gasteiger partial charge in [-0.25, -0.2) is 8.42 Å². The van der Waals surface area contributed by atoms with Crippen molar-refractivity contribution in [3.8, 4) is 0 Å². The highest BCUT2D eigenvalue weighted by Gasteiger charge is 2.23. The molecule has 2 rings (SSSR count). The number of benzene rings is 1. The van der Waals surface area contributed by atoms with Gasteiger partial charge in [-0.05, 0) is 12.5 Å². The number of hydrogen-bond acceptors (Lipinski definition) is 4. The predicted molar refractivity (Wildman–Crippen MR) is 71.2 cm³/mol. The minimum Gasteiger partial charge on any atom is -0.387 e. The lowest BCUT2D eigenvalue weighted by atomic mass is 10.1. The van der Waals surface area contributed by atoms with Gasteiger partial charge in [-0.2, -0.15) is 0 Å². The molecule has 5 heteroatoms. The largest absolute Gasteiger partial charge is 0.387 e. The number of aliphatic hydroxyl groups excluding tert-OH is 1. The van der Waals surface area contributed by atoms with Gasteiger partial charge in [0.05, 0.1) is 17.6 Å². The molecule has 1 heterocycles. The predicted octanol–water partition coefficient (Wildman–Crippen LogP) is 0.759. The topological polar surface area (TPSA) is 57.6 Å². The fraction of sp³-hybridized carbons (Fsp3) is 0.538. The third-order valence-electron chi connectivity index (χ3n) is 3.33. The van der Waals surface area contributed by atoms with Gasteiger partial charge in [0, 0.05) is 19.6 Å². The van der Waals surface area contributed by atoms with Crippen molar-refractivity contribution in [2.24, 2.45) is 0 Å². The Labute approximate surface area is 108 Å². The molecular weight excluding hydrogens is 250 g/mol. The molecule has 1 atom stereocenters. The monoisotopic (exact) mass is 269 g/mol. The van der Waals surface area contributed by atoms with Gasteiger partial charge in [0.25, 0.3) is 0 Å². The molecule has 4 nitrogen and oxygen atoms in total. The second kappa shape index (κ2) is 5.38. The van der Waals surface area contributed by atoms with Crippen molar-refractivity contribution in [1.82, 2.24) is 4.90 Å². The van der Waals surface area contributed by atoms with Crippen molar-refractivity contribution >= 4 is 9.84 Å². The molecule has 100 valence electrons. The van der Waals surface area contributed by atoms with Gasteiger partial charge >= 0.3 is 0 Å². The summed E-state index contributed by atoms with van der Waals surface area (Å²) in [5, 5.41) is 10.1. The second-order valence-corrected chi connectivity index (χ2v) is 7.18. The molecule has 0 aliphatic carbocycles. The molecule has 0 saturated carbocycles. The quantitative estimate of drug-likeness (QED) is 0.880. The van der Waals surface area contributed by atoms with Gasteiger partial charge in [0.1, 0.15) is 0 Å². The Balaban J connectivity index is 1.92. The average Bonchev–Trinajstić information content (AvgIpc) is 2.33. The maximum absolute atomic E-state index is 11.3. The van der Waals surface area contributed by atoms with Gasteiger partial charge in [-0.1, -0.05) is 29.8 Å². The van der Waals surface area contributed by atoms with Gasteiger partial charge in [-0.3, -0.25) is 4.90 Å². The summed E-state index contributed by atoms with van der Waals surface area (Å²) in [5.74, 6) is 0.404. The highest BCUT2D eigenvalue weighted by molar-refractivity contribution is 7.91. The third kappa shape index (κ3) is 3.54. The van der Waals surface area contributed by atoms with Crippen LogP contribution in [0.2, 0.25) is 0 Å². The molecule has 1 saturated heterocycles. The van der Waals surface area contributed by atoms with E-state index in [2.05, 4.69) is 0 Å². The van der Waals surface area contributed by atoms with E-state index >= 15 is 0 Å². The van der Waals surface area contributed by atoms with Crippen LogP contribution in [0.1, 0.15) is 17.2 Å². The number of hydrogen-bond donors (Lipinski definition) is 1. The van der Waals surface area contributed by atoms with E-state index < -0.39 is 15.9 Å². The number of β-amino-alcohol motifs (C(OH)–C–C–N with tert-alkyl or cyclic N) is 1. The maximum Gasteiger partial charge on any atom is 0.152 e. The normalized spacial score (nSPS) is 21.7. The van der Waals surface area contributed by atoms with E-state index in [4.69, 9.17) is 0 Å². The molecule has 1 fully saturated rings. The first kappa shape index (κ1) is 13.5. The molecule has 1 aromatic carbocycles. The van der Waals surface area contributed by atoms with Crippen LogP contribution in [0.3, 0.4) is 0 Å². The van der Waals surface area contributed by atoms with Crippen LogP contribution in [0.5, 0.6) is 0 Å². The summed E-state index contributed by atoms with van der Waals surface area (Å²) in [7, 11) is -2.85. The first-order chi connectivity index (χ1) is 8.46. The average molecular weight is 269 g/mol. The maximum atomic E-state index is 11.3. The Hall–Kier alpha value is -0.910.